The number of benzene rings is 1. The summed E-state index contributed by atoms with van der Waals surface area (Å²) in [5.41, 5.74) is 2.00. The van der Waals surface area contributed by atoms with Crippen molar-refractivity contribution >= 4 is 22.9 Å². The minimum absolute atomic E-state index is 0.172. The molecule has 1 N–H and O–H groups in total. The molecule has 1 aromatic carbocycles. The Morgan fingerprint density at radius 3 is 2.88 bits per heavy atom. The molecule has 1 aliphatic rings. The molecule has 26 heavy (non-hydrogen) atoms. The average molecular weight is 371 g/mol. The van der Waals surface area contributed by atoms with E-state index in [1.54, 1.807) is 18.3 Å². The van der Waals surface area contributed by atoms with Gasteiger partial charge in [-0.3, -0.25) is 4.79 Å². The lowest BCUT2D eigenvalue weighted by atomic mass is 10.1. The SMILES string of the molecule is Cc1nnnn1-c1cc(NC(=O)c2cc3c(s2)CCCCC3)ccc1F. The number of nitrogens with zero attached hydrogens (tertiary/aromatic N) is 4. The number of aryl methyl sites for hydroxylation is 3. The number of rotatable bonds is 3. The van der Waals surface area contributed by atoms with Gasteiger partial charge in [0.2, 0.25) is 0 Å². The molecule has 2 heterocycles. The number of anilines is 1. The molecule has 0 spiro atoms. The highest BCUT2D eigenvalue weighted by atomic mass is 32.1. The molecule has 6 nitrogen and oxygen atoms in total. The molecular formula is C18H18FN5OS. The number of nitrogens with one attached hydrogen (secondary N) is 1. The Balaban J connectivity index is 1.58. The van der Waals surface area contributed by atoms with Crippen LogP contribution in [0.1, 0.15) is 45.2 Å². The van der Waals surface area contributed by atoms with Crippen molar-refractivity contribution < 1.29 is 9.18 Å². The van der Waals surface area contributed by atoms with Gasteiger partial charge < -0.3 is 5.32 Å². The van der Waals surface area contributed by atoms with Gasteiger partial charge in [-0.1, -0.05) is 6.42 Å². The minimum Gasteiger partial charge on any atom is -0.321 e. The first-order valence-electron chi connectivity index (χ1n) is 8.59. The lowest BCUT2D eigenvalue weighted by Crippen LogP contribution is -2.11. The Morgan fingerprint density at radius 1 is 1.23 bits per heavy atom. The molecule has 0 fully saturated rings. The third-order valence-corrected chi connectivity index (χ3v) is 5.76. The second kappa shape index (κ2) is 6.95. The number of amides is 1. The van der Waals surface area contributed by atoms with Gasteiger partial charge in [0.15, 0.2) is 5.82 Å². The maximum absolute atomic E-state index is 14.1. The Labute approximate surface area is 154 Å². The van der Waals surface area contributed by atoms with Gasteiger partial charge in [0.1, 0.15) is 11.5 Å². The molecule has 0 unspecified atom stereocenters. The highest BCUT2D eigenvalue weighted by Crippen LogP contribution is 2.29. The van der Waals surface area contributed by atoms with Crippen LogP contribution in [-0.4, -0.2) is 26.1 Å². The van der Waals surface area contributed by atoms with E-state index in [0.717, 1.165) is 12.8 Å². The van der Waals surface area contributed by atoms with Crippen molar-refractivity contribution in [3.05, 3.63) is 51.2 Å². The zero-order valence-corrected chi connectivity index (χ0v) is 15.1. The van der Waals surface area contributed by atoms with Crippen LogP contribution >= 0.6 is 11.3 Å². The first-order chi connectivity index (χ1) is 12.6. The predicted octanol–water partition coefficient (Wildman–Crippen LogP) is 3.69. The second-order valence-corrected chi connectivity index (χ2v) is 7.51. The quantitative estimate of drug-likeness (QED) is 0.713. The van der Waals surface area contributed by atoms with E-state index in [1.165, 1.54) is 52.6 Å². The molecule has 0 saturated carbocycles. The summed E-state index contributed by atoms with van der Waals surface area (Å²) >= 11 is 1.56. The van der Waals surface area contributed by atoms with Gasteiger partial charge >= 0.3 is 0 Å². The normalized spacial score (nSPS) is 13.9. The van der Waals surface area contributed by atoms with Gasteiger partial charge in [0.05, 0.1) is 4.88 Å². The highest BCUT2D eigenvalue weighted by Gasteiger charge is 2.17. The molecule has 0 radical (unpaired) electrons. The van der Waals surface area contributed by atoms with Crippen molar-refractivity contribution in [3.8, 4) is 5.69 Å². The summed E-state index contributed by atoms with van der Waals surface area (Å²) < 4.78 is 15.4. The molecule has 3 aromatic rings. The fourth-order valence-corrected chi connectivity index (χ4v) is 4.33. The number of fused-ring (bicyclic) bond motifs is 1. The standard InChI is InChI=1S/C18H18FN5OS/c1-11-21-22-23-24(11)15-10-13(7-8-14(15)19)20-18(25)17-9-12-5-3-2-4-6-16(12)26-17/h7-10H,2-6H2,1H3,(H,20,25). The number of carbonyl (C=O) groups excluding carboxylic acids is 1. The lowest BCUT2D eigenvalue weighted by molar-refractivity contribution is 0.103. The van der Waals surface area contributed by atoms with Gasteiger partial charge in [0.25, 0.3) is 5.91 Å². The van der Waals surface area contributed by atoms with Crippen molar-refractivity contribution in [2.45, 2.75) is 39.0 Å². The van der Waals surface area contributed by atoms with E-state index >= 15 is 0 Å². The number of carbonyl (C=O) groups is 1. The summed E-state index contributed by atoms with van der Waals surface area (Å²) in [5.74, 6) is -0.162. The van der Waals surface area contributed by atoms with Crippen LogP contribution in [0.3, 0.4) is 0 Å². The summed E-state index contributed by atoms with van der Waals surface area (Å²) in [5, 5.41) is 13.9. The average Bonchev–Trinajstić information content (AvgIpc) is 3.17. The van der Waals surface area contributed by atoms with Crippen molar-refractivity contribution in [1.82, 2.24) is 20.2 Å². The molecule has 0 saturated heterocycles. The van der Waals surface area contributed by atoms with Crippen molar-refractivity contribution in [2.75, 3.05) is 5.32 Å². The lowest BCUT2D eigenvalue weighted by Gasteiger charge is -2.08. The van der Waals surface area contributed by atoms with Gasteiger partial charge in [-0.05, 0) is 72.9 Å². The molecular weight excluding hydrogens is 353 g/mol. The Kier molecular flexibility index (Phi) is 4.50. The molecule has 134 valence electrons. The second-order valence-electron chi connectivity index (χ2n) is 6.38. The Hall–Kier alpha value is -2.61. The third-order valence-electron chi connectivity index (χ3n) is 4.53. The molecule has 4 rings (SSSR count). The van der Waals surface area contributed by atoms with Crippen LogP contribution < -0.4 is 5.32 Å². The number of hydrogen-bond acceptors (Lipinski definition) is 5. The molecule has 0 atom stereocenters. The van der Waals surface area contributed by atoms with E-state index in [-0.39, 0.29) is 11.6 Å². The third kappa shape index (κ3) is 3.24. The number of hydrogen-bond donors (Lipinski definition) is 1. The maximum atomic E-state index is 14.1. The fraction of sp³-hybridized carbons (Fsp3) is 0.333. The van der Waals surface area contributed by atoms with Crippen LogP contribution in [0.25, 0.3) is 5.69 Å². The first-order valence-corrected chi connectivity index (χ1v) is 9.41. The molecule has 1 aliphatic carbocycles. The predicted molar refractivity (Wildman–Crippen MR) is 97.4 cm³/mol. The topological polar surface area (TPSA) is 72.7 Å². The van der Waals surface area contributed by atoms with Crippen LogP contribution in [0.15, 0.2) is 24.3 Å². The zero-order valence-electron chi connectivity index (χ0n) is 14.3. The van der Waals surface area contributed by atoms with E-state index in [9.17, 15) is 9.18 Å². The van der Waals surface area contributed by atoms with E-state index in [0.29, 0.717) is 16.4 Å². The fourth-order valence-electron chi connectivity index (χ4n) is 3.18. The van der Waals surface area contributed by atoms with Crippen LogP contribution in [0, 0.1) is 12.7 Å². The molecule has 2 aromatic heterocycles. The van der Waals surface area contributed by atoms with Gasteiger partial charge in [-0.25, -0.2) is 4.39 Å². The van der Waals surface area contributed by atoms with Crippen LogP contribution in [0.4, 0.5) is 10.1 Å². The highest BCUT2D eigenvalue weighted by molar-refractivity contribution is 7.14. The van der Waals surface area contributed by atoms with Gasteiger partial charge in [-0.2, -0.15) is 4.68 Å². The monoisotopic (exact) mass is 371 g/mol. The van der Waals surface area contributed by atoms with Crippen LogP contribution in [-0.2, 0) is 12.8 Å². The summed E-state index contributed by atoms with van der Waals surface area (Å²) in [6.45, 7) is 1.68. The smallest absolute Gasteiger partial charge is 0.265 e. The number of aromatic nitrogens is 4. The van der Waals surface area contributed by atoms with E-state index in [4.69, 9.17) is 0 Å². The number of thiophene rings is 1. The van der Waals surface area contributed by atoms with Crippen molar-refractivity contribution in [2.24, 2.45) is 0 Å². The van der Waals surface area contributed by atoms with Gasteiger partial charge in [-0.15, -0.1) is 16.4 Å². The summed E-state index contributed by atoms with van der Waals surface area (Å²) in [7, 11) is 0. The Morgan fingerprint density at radius 2 is 2.08 bits per heavy atom. The van der Waals surface area contributed by atoms with Crippen molar-refractivity contribution in [3.63, 3.8) is 0 Å². The molecule has 0 aliphatic heterocycles. The molecule has 8 heteroatoms. The molecule has 1 amide bonds. The van der Waals surface area contributed by atoms with Gasteiger partial charge in [0, 0.05) is 10.6 Å². The van der Waals surface area contributed by atoms with E-state index < -0.39 is 5.82 Å². The minimum atomic E-state index is -0.457. The largest absolute Gasteiger partial charge is 0.321 e. The summed E-state index contributed by atoms with van der Waals surface area (Å²) in [4.78, 5) is 14.6. The van der Waals surface area contributed by atoms with Crippen LogP contribution in [0.2, 0.25) is 0 Å². The number of tetrazole rings is 1. The zero-order chi connectivity index (χ0) is 18.1. The maximum Gasteiger partial charge on any atom is 0.265 e. The Bertz CT molecular complexity index is 941. The van der Waals surface area contributed by atoms with E-state index in [1.807, 2.05) is 6.07 Å². The van der Waals surface area contributed by atoms with Crippen LogP contribution in [0.5, 0.6) is 0 Å². The first kappa shape index (κ1) is 16.8. The summed E-state index contributed by atoms with van der Waals surface area (Å²) in [6, 6.07) is 6.37. The van der Waals surface area contributed by atoms with E-state index in [2.05, 4.69) is 20.8 Å². The summed E-state index contributed by atoms with van der Waals surface area (Å²) in [6.07, 6.45) is 5.70. The number of halogens is 1. The van der Waals surface area contributed by atoms with Crippen molar-refractivity contribution in [1.29, 1.82) is 0 Å². The molecule has 0 bridgehead atoms.